The molecule has 0 spiro atoms. The lowest BCUT2D eigenvalue weighted by Crippen LogP contribution is -1.99. The van der Waals surface area contributed by atoms with Crippen LogP contribution in [0.2, 0.25) is 0 Å². The number of hydrogen-bond donors (Lipinski definition) is 2. The molecule has 2 rings (SSSR count). The molecule has 1 aromatic carbocycles. The van der Waals surface area contributed by atoms with Crippen molar-refractivity contribution >= 4 is 18.0 Å². The fourth-order valence-corrected chi connectivity index (χ4v) is 1.83. The zero-order chi connectivity index (χ0) is 10.8. The topological polar surface area (TPSA) is 54.7 Å². The third-order valence-electron chi connectivity index (χ3n) is 2.21. The maximum atomic E-state index is 5.86. The van der Waals surface area contributed by atoms with Gasteiger partial charge >= 0.3 is 0 Å². The second-order valence-electron chi connectivity index (χ2n) is 3.29. The van der Waals surface area contributed by atoms with Crippen LogP contribution in [0.5, 0.6) is 0 Å². The van der Waals surface area contributed by atoms with Crippen molar-refractivity contribution < 1.29 is 0 Å². The van der Waals surface area contributed by atoms with Crippen LogP contribution in [0.15, 0.2) is 30.3 Å². The molecule has 0 radical (unpaired) electrons. The highest BCUT2D eigenvalue weighted by atomic mass is 32.1. The molecule has 0 saturated carbocycles. The van der Waals surface area contributed by atoms with Gasteiger partial charge in [-0.1, -0.05) is 30.3 Å². The van der Waals surface area contributed by atoms with Crippen LogP contribution in [0.3, 0.4) is 0 Å². The fourth-order valence-electron chi connectivity index (χ4n) is 1.58. The van der Waals surface area contributed by atoms with E-state index in [9.17, 15) is 0 Å². The molecule has 1 aromatic heterocycles. The van der Waals surface area contributed by atoms with Gasteiger partial charge in [0.15, 0.2) is 4.77 Å². The van der Waals surface area contributed by atoms with Crippen LogP contribution in [0.1, 0.15) is 5.69 Å². The van der Waals surface area contributed by atoms with Crippen LogP contribution in [0.4, 0.5) is 5.82 Å². The van der Waals surface area contributed by atoms with Crippen LogP contribution in [0, 0.1) is 11.7 Å². The molecule has 0 bridgehead atoms. The van der Waals surface area contributed by atoms with Crippen LogP contribution in [-0.2, 0) is 0 Å². The third-order valence-corrected chi connectivity index (χ3v) is 2.40. The van der Waals surface area contributed by atoms with Crippen molar-refractivity contribution in [3.63, 3.8) is 0 Å². The summed E-state index contributed by atoms with van der Waals surface area (Å²) in [4.78, 5) is 7.05. The maximum Gasteiger partial charge on any atom is 0.198 e. The number of aromatic amines is 1. The van der Waals surface area contributed by atoms with E-state index in [0.29, 0.717) is 10.6 Å². The first-order valence-electron chi connectivity index (χ1n) is 4.60. The summed E-state index contributed by atoms with van der Waals surface area (Å²) in [5.41, 5.74) is 8.77. The summed E-state index contributed by atoms with van der Waals surface area (Å²) in [6.45, 7) is 1.94. The molecule has 15 heavy (non-hydrogen) atoms. The summed E-state index contributed by atoms with van der Waals surface area (Å²) in [6.07, 6.45) is 0. The number of nitrogen functional groups attached to an aromatic ring is 1. The third kappa shape index (κ3) is 1.89. The van der Waals surface area contributed by atoms with E-state index in [1.54, 1.807) is 0 Å². The Morgan fingerprint density at radius 2 is 1.93 bits per heavy atom. The molecule has 0 fully saturated rings. The van der Waals surface area contributed by atoms with Gasteiger partial charge in [0, 0.05) is 11.3 Å². The number of nitrogens with zero attached hydrogens (tertiary/aromatic N) is 1. The summed E-state index contributed by atoms with van der Waals surface area (Å²) in [7, 11) is 0. The van der Waals surface area contributed by atoms with E-state index in [1.165, 1.54) is 0 Å². The quantitative estimate of drug-likeness (QED) is 0.722. The number of hydrogen-bond acceptors (Lipinski definition) is 3. The molecule has 0 amide bonds. The standard InChI is InChI=1S/C11H11N3S/c1-7-9(8-5-3-2-4-6-8)10(12)14-11(15)13-7/h2-6H,1H3,(H3,12,13,14,15). The molecule has 0 saturated heterocycles. The number of aromatic nitrogens is 2. The van der Waals surface area contributed by atoms with E-state index in [1.807, 2.05) is 37.3 Å². The van der Waals surface area contributed by atoms with Crippen molar-refractivity contribution in [1.29, 1.82) is 0 Å². The van der Waals surface area contributed by atoms with Crippen LogP contribution in [-0.4, -0.2) is 9.97 Å². The van der Waals surface area contributed by atoms with E-state index in [-0.39, 0.29) is 0 Å². The average Bonchev–Trinajstić information content (AvgIpc) is 2.17. The van der Waals surface area contributed by atoms with Crippen molar-refractivity contribution in [1.82, 2.24) is 9.97 Å². The van der Waals surface area contributed by atoms with Gasteiger partial charge in [-0.15, -0.1) is 0 Å². The molecule has 0 aliphatic heterocycles. The van der Waals surface area contributed by atoms with E-state index in [0.717, 1.165) is 16.8 Å². The Morgan fingerprint density at radius 3 is 2.53 bits per heavy atom. The Hall–Kier alpha value is -1.68. The summed E-state index contributed by atoms with van der Waals surface area (Å²) in [5.74, 6) is 0.474. The molecule has 4 heteroatoms. The van der Waals surface area contributed by atoms with E-state index >= 15 is 0 Å². The summed E-state index contributed by atoms with van der Waals surface area (Å²) < 4.78 is 0.421. The van der Waals surface area contributed by atoms with Crippen molar-refractivity contribution in [2.24, 2.45) is 0 Å². The number of anilines is 1. The van der Waals surface area contributed by atoms with Gasteiger partial charge in [0.25, 0.3) is 0 Å². The van der Waals surface area contributed by atoms with Crippen molar-refractivity contribution in [2.45, 2.75) is 6.92 Å². The van der Waals surface area contributed by atoms with Crippen molar-refractivity contribution in [3.8, 4) is 11.1 Å². The predicted octanol–water partition coefficient (Wildman–Crippen LogP) is 2.70. The molecule has 2 aromatic rings. The highest BCUT2D eigenvalue weighted by molar-refractivity contribution is 7.71. The van der Waals surface area contributed by atoms with Crippen LogP contribution < -0.4 is 5.73 Å². The van der Waals surface area contributed by atoms with Crippen molar-refractivity contribution in [3.05, 3.63) is 40.8 Å². The molecular formula is C11H11N3S. The van der Waals surface area contributed by atoms with Gasteiger partial charge < -0.3 is 10.7 Å². The summed E-state index contributed by atoms with van der Waals surface area (Å²) in [5, 5.41) is 0. The molecule has 0 unspecified atom stereocenters. The zero-order valence-electron chi connectivity index (χ0n) is 8.32. The van der Waals surface area contributed by atoms with Gasteiger partial charge in [-0.25, -0.2) is 4.98 Å². The van der Waals surface area contributed by atoms with Crippen molar-refractivity contribution in [2.75, 3.05) is 5.73 Å². The SMILES string of the molecule is Cc1[nH]c(=S)nc(N)c1-c1ccccc1. The van der Waals surface area contributed by atoms with Gasteiger partial charge in [-0.2, -0.15) is 0 Å². The molecule has 0 aliphatic rings. The average molecular weight is 217 g/mol. The Morgan fingerprint density at radius 1 is 1.27 bits per heavy atom. The molecule has 3 nitrogen and oxygen atoms in total. The minimum absolute atomic E-state index is 0.421. The van der Waals surface area contributed by atoms with Gasteiger partial charge in [-0.3, -0.25) is 0 Å². The van der Waals surface area contributed by atoms with Gasteiger partial charge in [-0.05, 0) is 24.7 Å². The largest absolute Gasteiger partial charge is 0.383 e. The second kappa shape index (κ2) is 3.82. The molecule has 1 heterocycles. The van der Waals surface area contributed by atoms with E-state index < -0.39 is 0 Å². The number of H-pyrrole nitrogens is 1. The molecule has 76 valence electrons. The number of nitrogens with one attached hydrogen (secondary N) is 1. The molecule has 0 aliphatic carbocycles. The Kier molecular flexibility index (Phi) is 2.51. The van der Waals surface area contributed by atoms with Gasteiger partial charge in [0.05, 0.1) is 0 Å². The molecule has 0 atom stereocenters. The minimum atomic E-state index is 0.421. The van der Waals surface area contributed by atoms with E-state index in [4.69, 9.17) is 18.0 Å². The second-order valence-corrected chi connectivity index (χ2v) is 3.68. The van der Waals surface area contributed by atoms with Crippen LogP contribution in [0.25, 0.3) is 11.1 Å². The molecular weight excluding hydrogens is 206 g/mol. The van der Waals surface area contributed by atoms with Crippen LogP contribution >= 0.6 is 12.2 Å². The highest BCUT2D eigenvalue weighted by Gasteiger charge is 2.07. The number of aryl methyl sites for hydroxylation is 1. The molecule has 3 N–H and O–H groups in total. The Balaban J connectivity index is 2.69. The first kappa shape index (κ1) is 9.86. The van der Waals surface area contributed by atoms with E-state index in [2.05, 4.69) is 9.97 Å². The Labute approximate surface area is 93.0 Å². The predicted molar refractivity (Wildman–Crippen MR) is 64.0 cm³/mol. The highest BCUT2D eigenvalue weighted by Crippen LogP contribution is 2.25. The lowest BCUT2D eigenvalue weighted by Gasteiger charge is -2.08. The summed E-state index contributed by atoms with van der Waals surface area (Å²) in [6, 6.07) is 9.90. The zero-order valence-corrected chi connectivity index (χ0v) is 9.14. The fraction of sp³-hybridized carbons (Fsp3) is 0.0909. The maximum absolute atomic E-state index is 5.86. The number of benzene rings is 1. The smallest absolute Gasteiger partial charge is 0.198 e. The lowest BCUT2D eigenvalue weighted by atomic mass is 10.1. The first-order chi connectivity index (χ1) is 7.18. The normalized spacial score (nSPS) is 10.2. The first-order valence-corrected chi connectivity index (χ1v) is 5.01. The lowest BCUT2D eigenvalue weighted by molar-refractivity contribution is 1.09. The monoisotopic (exact) mass is 217 g/mol. The minimum Gasteiger partial charge on any atom is -0.383 e. The Bertz CT molecular complexity index is 505. The van der Waals surface area contributed by atoms with Gasteiger partial charge in [0.1, 0.15) is 5.82 Å². The number of nitrogens with two attached hydrogens (primary N) is 1. The number of rotatable bonds is 1. The van der Waals surface area contributed by atoms with Gasteiger partial charge in [0.2, 0.25) is 0 Å². The summed E-state index contributed by atoms with van der Waals surface area (Å²) >= 11 is 4.95.